The summed E-state index contributed by atoms with van der Waals surface area (Å²) in [5, 5.41) is 41.2. The minimum atomic E-state index is 0.527. The maximum absolute atomic E-state index is 8.80. The number of aliphatic hydroxyl groups is 4. The number of hydrogen-bond donors (Lipinski definition) is 4. The van der Waals surface area contributed by atoms with Gasteiger partial charge < -0.3 is 58.3 Å². The summed E-state index contributed by atoms with van der Waals surface area (Å²) in [6.45, 7) is 4.35. The third-order valence-corrected chi connectivity index (χ3v) is 10.0. The van der Waals surface area contributed by atoms with E-state index >= 15 is 0 Å². The molecule has 0 spiro atoms. The van der Waals surface area contributed by atoms with Gasteiger partial charge in [-0.1, -0.05) is 36.4 Å². The van der Waals surface area contributed by atoms with Crippen LogP contribution < -0.4 is 18.9 Å². The first-order valence-corrected chi connectivity index (χ1v) is 21.7. The normalized spacial score (nSPS) is 11.9. The van der Waals surface area contributed by atoms with Crippen molar-refractivity contribution in [3.05, 3.63) is 86.5 Å². The van der Waals surface area contributed by atoms with Crippen molar-refractivity contribution in [2.24, 2.45) is 0 Å². The maximum atomic E-state index is 8.80. The molecule has 12 nitrogen and oxygen atoms in total. The third-order valence-electron chi connectivity index (χ3n) is 10.0. The molecule has 0 heterocycles. The van der Waals surface area contributed by atoms with Crippen LogP contribution in [0.5, 0.6) is 23.0 Å². The third kappa shape index (κ3) is 15.6. The minimum absolute atomic E-state index is 0.527. The van der Waals surface area contributed by atoms with Gasteiger partial charge in [0.25, 0.3) is 0 Å². The van der Waals surface area contributed by atoms with Crippen LogP contribution in [-0.4, -0.2) is 73.3 Å². The van der Waals surface area contributed by atoms with Crippen LogP contribution in [0, 0.1) is 0 Å². The molecule has 0 aliphatic rings. The van der Waals surface area contributed by atoms with Crippen LogP contribution in [0.1, 0.15) is 103 Å². The number of benzene rings is 4. The lowest BCUT2D eigenvalue weighted by Gasteiger charge is -2.24. The monoisotopic (exact) mass is 834 g/mol. The van der Waals surface area contributed by atoms with Crippen molar-refractivity contribution in [2.75, 3.05) is 52.9 Å². The second-order valence-corrected chi connectivity index (χ2v) is 14.4. The lowest BCUT2D eigenvalue weighted by Crippen LogP contribution is -2.07. The summed E-state index contributed by atoms with van der Waals surface area (Å²) < 4.78 is 47.9. The molecule has 0 bridgehead atoms. The van der Waals surface area contributed by atoms with E-state index in [1.54, 1.807) is 0 Å². The Balaban J connectivity index is 1.62. The Morgan fingerprint density at radius 1 is 0.300 bits per heavy atom. The second kappa shape index (κ2) is 29.7. The highest BCUT2D eigenvalue weighted by Gasteiger charge is 2.26. The summed E-state index contributed by atoms with van der Waals surface area (Å²) in [4.78, 5) is 0. The van der Waals surface area contributed by atoms with E-state index in [-0.39, 0.29) is 0 Å². The fourth-order valence-corrected chi connectivity index (χ4v) is 7.17. The van der Waals surface area contributed by atoms with Crippen molar-refractivity contribution in [2.45, 2.75) is 103 Å². The zero-order valence-electron chi connectivity index (χ0n) is 35.1. The highest BCUT2D eigenvalue weighted by atomic mass is 16.5. The van der Waals surface area contributed by atoms with Crippen molar-refractivity contribution in [3.63, 3.8) is 0 Å². The van der Waals surface area contributed by atoms with Gasteiger partial charge in [0.2, 0.25) is 0 Å². The lowest BCUT2D eigenvalue weighted by atomic mass is 9.91. The highest BCUT2D eigenvalue weighted by molar-refractivity contribution is 6.29. The Morgan fingerprint density at radius 2 is 0.517 bits per heavy atom. The van der Waals surface area contributed by atoms with E-state index in [2.05, 4.69) is 36.4 Å². The number of unbranched alkanes of at least 4 members (excludes halogenated alkanes) is 12. The molecule has 0 aromatic heterocycles. The predicted octanol–water partition coefficient (Wildman–Crippen LogP) is 12.5. The van der Waals surface area contributed by atoms with Gasteiger partial charge in [-0.2, -0.15) is 0 Å². The Bertz CT molecular complexity index is 1590. The van der Waals surface area contributed by atoms with Crippen LogP contribution in [0.25, 0.3) is 32.3 Å². The summed E-state index contributed by atoms with van der Waals surface area (Å²) >= 11 is 0. The fraction of sp³-hybridized carbons (Fsp3) is 0.500. The van der Waals surface area contributed by atoms with E-state index in [4.69, 9.17) is 58.3 Å². The van der Waals surface area contributed by atoms with Crippen molar-refractivity contribution in [1.29, 1.82) is 0 Å². The average Bonchev–Trinajstić information content (AvgIpc) is 3.27. The molecule has 12 heteroatoms. The zero-order chi connectivity index (χ0) is 42.3. The lowest BCUT2D eigenvalue weighted by molar-refractivity contribution is 0.226. The van der Waals surface area contributed by atoms with E-state index in [1.165, 1.54) is 25.0 Å². The average molecular weight is 835 g/mol. The molecule has 0 amide bonds. The van der Waals surface area contributed by atoms with Gasteiger partial charge >= 0.3 is 0 Å². The van der Waals surface area contributed by atoms with Gasteiger partial charge in [-0.25, -0.2) is 0 Å². The number of hydrogen-bond acceptors (Lipinski definition) is 12. The van der Waals surface area contributed by atoms with E-state index in [0.717, 1.165) is 183 Å². The van der Waals surface area contributed by atoms with Crippen LogP contribution in [0.2, 0.25) is 0 Å². The van der Waals surface area contributed by atoms with E-state index in [9.17, 15) is 0 Å². The number of ether oxygens (including phenoxy) is 8. The molecule has 0 unspecified atom stereocenters. The first-order valence-electron chi connectivity index (χ1n) is 21.7. The van der Waals surface area contributed by atoms with Crippen LogP contribution in [0.15, 0.2) is 86.5 Å². The van der Waals surface area contributed by atoms with Gasteiger partial charge in [0, 0.05) is 32.3 Å². The molecule has 4 N–H and O–H groups in total. The molecule has 4 rings (SSSR count). The summed E-state index contributed by atoms with van der Waals surface area (Å²) in [6, 6.07) is 12.6. The molecule has 0 radical (unpaired) electrons. The van der Waals surface area contributed by atoms with E-state index in [1.807, 2.05) is 0 Å². The van der Waals surface area contributed by atoms with Crippen LogP contribution in [0.4, 0.5) is 0 Å². The standard InChI is InChI=1S/C48H66O12/c49-23-35-53-27-9-1-5-13-31-57-45-39-19-17-21-41-43(39)44-40(46(45)58-32-14-6-2-10-28-54-36-24-50)20-18-22-42(44)48(60-34-16-8-4-12-30-56-38-26-52)47(41)59-33-15-7-3-11-29-55-37-25-51/h17-26,35-38,49-52H,1-16,27-34H2/b35-23+,36-24+,37-25+,38-26+. The quantitative estimate of drug-likeness (QED) is 0.0196. The Hall–Kier alpha value is -5.52. The molecule has 330 valence electrons. The van der Waals surface area contributed by atoms with E-state index < -0.39 is 0 Å². The molecule has 0 aliphatic heterocycles. The van der Waals surface area contributed by atoms with Crippen molar-refractivity contribution in [3.8, 4) is 23.0 Å². The first-order chi connectivity index (χ1) is 29.8. The molecule has 4 aromatic carbocycles. The summed E-state index contributed by atoms with van der Waals surface area (Å²) in [5.41, 5.74) is 0. The molecule has 60 heavy (non-hydrogen) atoms. The maximum Gasteiger partial charge on any atom is 0.169 e. The molecule has 0 saturated carbocycles. The SMILES string of the molecule is O/C=C/OCCCCCCOc1c(OCCCCCCO/C=C/O)c2cccc3c(OCCCCCCO/C=C/O)c(OCCCCCCO/C=C/O)c4cccc1c4c23. The summed E-state index contributed by atoms with van der Waals surface area (Å²) in [5.74, 6) is 2.94. The minimum Gasteiger partial charge on any atom is -0.512 e. The Kier molecular flexibility index (Phi) is 23.3. The molecular formula is C48H66O12. The summed E-state index contributed by atoms with van der Waals surface area (Å²) in [7, 11) is 0. The molecule has 0 saturated heterocycles. The van der Waals surface area contributed by atoms with Gasteiger partial charge in [-0.15, -0.1) is 0 Å². The van der Waals surface area contributed by atoms with Crippen molar-refractivity contribution >= 4 is 32.3 Å². The molecule has 0 aliphatic carbocycles. The van der Waals surface area contributed by atoms with Gasteiger partial charge in [-0.05, 0) is 103 Å². The topological polar surface area (TPSA) is 155 Å². The fourth-order valence-electron chi connectivity index (χ4n) is 7.17. The molecule has 4 aromatic rings. The Morgan fingerprint density at radius 3 is 0.733 bits per heavy atom. The predicted molar refractivity (Wildman–Crippen MR) is 237 cm³/mol. The van der Waals surface area contributed by atoms with Gasteiger partial charge in [-0.3, -0.25) is 0 Å². The number of aliphatic hydroxyl groups excluding tert-OH is 4. The first kappa shape index (κ1) is 47.2. The largest absolute Gasteiger partial charge is 0.512 e. The Labute approximate surface area is 354 Å². The second-order valence-electron chi connectivity index (χ2n) is 14.4. The van der Waals surface area contributed by atoms with Gasteiger partial charge in [0.05, 0.1) is 52.9 Å². The van der Waals surface area contributed by atoms with Crippen LogP contribution >= 0.6 is 0 Å². The smallest absolute Gasteiger partial charge is 0.169 e. The van der Waals surface area contributed by atoms with Gasteiger partial charge in [0.15, 0.2) is 23.0 Å². The molecule has 0 fully saturated rings. The zero-order valence-corrected chi connectivity index (χ0v) is 35.1. The summed E-state index contributed by atoms with van der Waals surface area (Å²) in [6.07, 6.45) is 23.7. The van der Waals surface area contributed by atoms with Crippen molar-refractivity contribution in [1.82, 2.24) is 0 Å². The van der Waals surface area contributed by atoms with E-state index in [0.29, 0.717) is 52.9 Å². The van der Waals surface area contributed by atoms with Crippen molar-refractivity contribution < 1.29 is 58.3 Å². The molecular weight excluding hydrogens is 769 g/mol. The van der Waals surface area contributed by atoms with Crippen LogP contribution in [0.3, 0.4) is 0 Å². The number of rotatable bonds is 36. The van der Waals surface area contributed by atoms with Gasteiger partial charge in [0.1, 0.15) is 50.1 Å². The van der Waals surface area contributed by atoms with Crippen LogP contribution in [-0.2, 0) is 18.9 Å². The highest BCUT2D eigenvalue weighted by Crippen LogP contribution is 2.53. The molecule has 0 atom stereocenters.